The Bertz CT molecular complexity index is 901. The molecule has 0 unspecified atom stereocenters. The number of benzene rings is 1. The topological polar surface area (TPSA) is 74.8 Å². The molecular weight excluding hydrogens is 314 g/mol. The molecule has 0 saturated heterocycles. The first-order chi connectivity index (χ1) is 11.8. The molecular formula is C20H25N3O2. The predicted molar refractivity (Wildman–Crippen MR) is 97.2 cm³/mol. The molecule has 0 aliphatic heterocycles. The van der Waals surface area contributed by atoms with Crippen LogP contribution in [0.15, 0.2) is 29.1 Å². The highest BCUT2D eigenvalue weighted by Gasteiger charge is 2.61. The minimum atomic E-state index is -0.220. The summed E-state index contributed by atoms with van der Waals surface area (Å²) in [6.45, 7) is 7.00. The Hall–Kier alpha value is -2.17. The number of hydrogen-bond acceptors (Lipinski definition) is 3. The molecule has 1 aromatic carbocycles. The molecule has 2 aliphatic rings. The van der Waals surface area contributed by atoms with Crippen molar-refractivity contribution in [3.05, 3.63) is 40.3 Å². The summed E-state index contributed by atoms with van der Waals surface area (Å²) < 4.78 is 0. The molecule has 2 aromatic rings. The first kappa shape index (κ1) is 16.3. The van der Waals surface area contributed by atoms with Crippen LogP contribution in [-0.4, -0.2) is 22.1 Å². The number of nitrogens with one attached hydrogen (secondary N) is 2. The van der Waals surface area contributed by atoms with E-state index in [1.165, 1.54) is 12.8 Å². The van der Waals surface area contributed by atoms with Crippen molar-refractivity contribution in [1.29, 1.82) is 0 Å². The number of amides is 1. The molecule has 0 radical (unpaired) electrons. The van der Waals surface area contributed by atoms with E-state index in [1.807, 2.05) is 18.2 Å². The summed E-state index contributed by atoms with van der Waals surface area (Å²) in [4.78, 5) is 24.6. The molecule has 1 aromatic heterocycles. The van der Waals surface area contributed by atoms with Gasteiger partial charge in [0.1, 0.15) is 0 Å². The molecule has 2 N–H and O–H groups in total. The Morgan fingerprint density at radius 1 is 1.28 bits per heavy atom. The summed E-state index contributed by atoms with van der Waals surface area (Å²) in [6, 6.07) is 7.52. The SMILES string of the molecule is CC1(C)[C@H]2CC[C@@]1(C)[C@H](NC(=O)Cc1n[nH]c(=O)c3ccccc13)C2. The van der Waals surface area contributed by atoms with Gasteiger partial charge < -0.3 is 5.32 Å². The van der Waals surface area contributed by atoms with Crippen molar-refractivity contribution < 1.29 is 4.79 Å². The second kappa shape index (κ2) is 5.41. The Morgan fingerprint density at radius 3 is 2.64 bits per heavy atom. The first-order valence-electron chi connectivity index (χ1n) is 9.08. The highest BCUT2D eigenvalue weighted by Crippen LogP contribution is 2.65. The Morgan fingerprint density at radius 2 is 2.00 bits per heavy atom. The molecule has 25 heavy (non-hydrogen) atoms. The maximum atomic E-state index is 12.7. The van der Waals surface area contributed by atoms with Gasteiger partial charge in [-0.3, -0.25) is 9.59 Å². The summed E-state index contributed by atoms with van der Waals surface area (Å²) in [6.07, 6.45) is 3.70. The zero-order chi connectivity index (χ0) is 17.8. The fourth-order valence-electron chi connectivity index (χ4n) is 5.13. The summed E-state index contributed by atoms with van der Waals surface area (Å²) in [7, 11) is 0. The van der Waals surface area contributed by atoms with Crippen LogP contribution >= 0.6 is 0 Å². The maximum absolute atomic E-state index is 12.7. The summed E-state index contributed by atoms with van der Waals surface area (Å²) in [5.41, 5.74) is 0.837. The number of nitrogens with zero attached hydrogens (tertiary/aromatic N) is 1. The third-order valence-electron chi connectivity index (χ3n) is 7.23. The number of carbonyl (C=O) groups excluding carboxylic acids is 1. The van der Waals surface area contributed by atoms with Crippen molar-refractivity contribution in [2.45, 2.75) is 52.5 Å². The van der Waals surface area contributed by atoms with Crippen LogP contribution in [0.5, 0.6) is 0 Å². The van der Waals surface area contributed by atoms with E-state index in [-0.39, 0.29) is 34.8 Å². The first-order valence-corrected chi connectivity index (χ1v) is 9.08. The lowest BCUT2D eigenvalue weighted by Crippen LogP contribution is -2.47. The van der Waals surface area contributed by atoms with E-state index < -0.39 is 0 Å². The molecule has 3 atom stereocenters. The van der Waals surface area contributed by atoms with Gasteiger partial charge in [0.05, 0.1) is 17.5 Å². The van der Waals surface area contributed by atoms with Gasteiger partial charge in [-0.05, 0) is 42.1 Å². The van der Waals surface area contributed by atoms with Crippen LogP contribution in [0.4, 0.5) is 0 Å². The lowest BCUT2D eigenvalue weighted by atomic mass is 9.69. The monoisotopic (exact) mass is 339 g/mol. The van der Waals surface area contributed by atoms with Crippen molar-refractivity contribution >= 4 is 16.7 Å². The Balaban J connectivity index is 1.55. The lowest BCUT2D eigenvalue weighted by molar-refractivity contribution is -0.122. The second-order valence-corrected chi connectivity index (χ2v) is 8.45. The van der Waals surface area contributed by atoms with Gasteiger partial charge in [0, 0.05) is 11.4 Å². The minimum Gasteiger partial charge on any atom is -0.352 e. The van der Waals surface area contributed by atoms with Crippen molar-refractivity contribution in [3.63, 3.8) is 0 Å². The van der Waals surface area contributed by atoms with Crippen LogP contribution in [0, 0.1) is 16.7 Å². The molecule has 5 heteroatoms. The van der Waals surface area contributed by atoms with Crippen LogP contribution in [-0.2, 0) is 11.2 Å². The van der Waals surface area contributed by atoms with Crippen molar-refractivity contribution in [3.8, 4) is 0 Å². The van der Waals surface area contributed by atoms with Crippen LogP contribution in [0.25, 0.3) is 10.8 Å². The fourth-order valence-corrected chi connectivity index (χ4v) is 5.13. The third-order valence-corrected chi connectivity index (χ3v) is 7.23. The molecule has 2 aliphatic carbocycles. The van der Waals surface area contributed by atoms with Crippen LogP contribution < -0.4 is 10.9 Å². The lowest BCUT2D eigenvalue weighted by Gasteiger charge is -2.39. The van der Waals surface area contributed by atoms with E-state index >= 15 is 0 Å². The zero-order valence-corrected chi connectivity index (χ0v) is 15.1. The average molecular weight is 339 g/mol. The molecule has 1 heterocycles. The van der Waals surface area contributed by atoms with E-state index in [0.29, 0.717) is 17.0 Å². The van der Waals surface area contributed by atoms with Crippen molar-refractivity contribution in [1.82, 2.24) is 15.5 Å². The quantitative estimate of drug-likeness (QED) is 0.903. The molecule has 2 saturated carbocycles. The molecule has 0 spiro atoms. The number of aromatic amines is 1. The number of hydrogen-bond donors (Lipinski definition) is 2. The standard InChI is InChI=1S/C20H25N3O2/c1-19(2)12-8-9-20(19,3)16(10-12)21-17(24)11-15-13-6-4-5-7-14(13)18(25)23-22-15/h4-7,12,16H,8-11H2,1-3H3,(H,21,24)(H,23,25)/t12-,16+,20-/m0/s1. The largest absolute Gasteiger partial charge is 0.352 e. The number of aromatic nitrogens is 2. The number of H-pyrrole nitrogens is 1. The highest BCUT2D eigenvalue weighted by molar-refractivity contribution is 5.88. The number of carbonyl (C=O) groups is 1. The van der Waals surface area contributed by atoms with Gasteiger partial charge in [-0.1, -0.05) is 39.0 Å². The average Bonchev–Trinajstić information content (AvgIpc) is 2.91. The number of rotatable bonds is 3. The van der Waals surface area contributed by atoms with E-state index in [9.17, 15) is 9.59 Å². The second-order valence-electron chi connectivity index (χ2n) is 8.45. The molecule has 1 amide bonds. The maximum Gasteiger partial charge on any atom is 0.272 e. The van der Waals surface area contributed by atoms with Crippen LogP contribution in [0.2, 0.25) is 0 Å². The van der Waals surface area contributed by atoms with Crippen molar-refractivity contribution in [2.75, 3.05) is 0 Å². The van der Waals surface area contributed by atoms with E-state index in [1.54, 1.807) is 6.07 Å². The summed E-state index contributed by atoms with van der Waals surface area (Å²) >= 11 is 0. The van der Waals surface area contributed by atoms with E-state index in [4.69, 9.17) is 0 Å². The molecule has 4 rings (SSSR count). The Kier molecular flexibility index (Phi) is 3.53. The molecule has 2 bridgehead atoms. The predicted octanol–water partition coefficient (Wildman–Crippen LogP) is 2.80. The van der Waals surface area contributed by atoms with Gasteiger partial charge in [-0.25, -0.2) is 5.10 Å². The van der Waals surface area contributed by atoms with Gasteiger partial charge in [0.25, 0.3) is 5.56 Å². The molecule has 132 valence electrons. The van der Waals surface area contributed by atoms with E-state index in [0.717, 1.165) is 11.8 Å². The van der Waals surface area contributed by atoms with Crippen molar-refractivity contribution in [2.24, 2.45) is 16.7 Å². The summed E-state index contributed by atoms with van der Waals surface area (Å²) in [5, 5.41) is 11.2. The summed E-state index contributed by atoms with van der Waals surface area (Å²) in [5.74, 6) is 0.675. The van der Waals surface area contributed by atoms with Gasteiger partial charge >= 0.3 is 0 Å². The minimum absolute atomic E-state index is 0.0146. The zero-order valence-electron chi connectivity index (χ0n) is 15.1. The third kappa shape index (κ3) is 2.32. The smallest absolute Gasteiger partial charge is 0.272 e. The fraction of sp³-hybridized carbons (Fsp3) is 0.550. The van der Waals surface area contributed by atoms with Gasteiger partial charge in [0.15, 0.2) is 0 Å². The molecule has 2 fully saturated rings. The highest BCUT2D eigenvalue weighted by atomic mass is 16.1. The normalized spacial score (nSPS) is 29.9. The molecule has 5 nitrogen and oxygen atoms in total. The van der Waals surface area contributed by atoms with Gasteiger partial charge in [-0.2, -0.15) is 5.10 Å². The van der Waals surface area contributed by atoms with Gasteiger partial charge in [0.2, 0.25) is 5.91 Å². The van der Waals surface area contributed by atoms with E-state index in [2.05, 4.69) is 36.3 Å². The Labute approximate surface area is 147 Å². The van der Waals surface area contributed by atoms with Gasteiger partial charge in [-0.15, -0.1) is 0 Å². The number of fused-ring (bicyclic) bond motifs is 3. The van der Waals surface area contributed by atoms with Crippen LogP contribution in [0.3, 0.4) is 0 Å². The van der Waals surface area contributed by atoms with Crippen LogP contribution in [0.1, 0.15) is 45.7 Å².